The standard InChI is InChI=1S/C16H16ClFN4OS/c1-9-19-16-22(20-9)15(23)14(24-16)13(21-6-2-3-7-21)10-4-5-12(18)11(17)8-10/h4-5,8,13,23H,2-3,6-7H2,1H3. The van der Waals surface area contributed by atoms with Crippen LogP contribution in [0, 0.1) is 12.7 Å². The molecular formula is C16H16ClFN4OS. The maximum atomic E-state index is 13.6. The molecule has 0 spiro atoms. The van der Waals surface area contributed by atoms with Crippen molar-refractivity contribution in [2.45, 2.75) is 25.8 Å². The lowest BCUT2D eigenvalue weighted by molar-refractivity contribution is 0.277. The van der Waals surface area contributed by atoms with Crippen LogP contribution in [0.15, 0.2) is 18.2 Å². The molecule has 2 aromatic heterocycles. The van der Waals surface area contributed by atoms with E-state index in [1.807, 2.05) is 0 Å². The van der Waals surface area contributed by atoms with Crippen molar-refractivity contribution >= 4 is 27.9 Å². The van der Waals surface area contributed by atoms with Crippen LogP contribution in [0.2, 0.25) is 5.02 Å². The van der Waals surface area contributed by atoms with Crippen molar-refractivity contribution in [1.82, 2.24) is 19.5 Å². The number of fused-ring (bicyclic) bond motifs is 1. The van der Waals surface area contributed by atoms with E-state index in [4.69, 9.17) is 11.6 Å². The summed E-state index contributed by atoms with van der Waals surface area (Å²) >= 11 is 7.39. The van der Waals surface area contributed by atoms with Crippen LogP contribution < -0.4 is 0 Å². The van der Waals surface area contributed by atoms with E-state index in [9.17, 15) is 9.50 Å². The molecule has 0 amide bonds. The minimum Gasteiger partial charge on any atom is -0.492 e. The number of thiazole rings is 1. The van der Waals surface area contributed by atoms with E-state index < -0.39 is 5.82 Å². The third kappa shape index (κ3) is 2.56. The van der Waals surface area contributed by atoms with Crippen molar-refractivity contribution in [1.29, 1.82) is 0 Å². The van der Waals surface area contributed by atoms with Crippen molar-refractivity contribution in [3.05, 3.63) is 45.3 Å². The quantitative estimate of drug-likeness (QED) is 0.766. The first-order valence-electron chi connectivity index (χ1n) is 7.78. The van der Waals surface area contributed by atoms with Gasteiger partial charge in [-0.15, -0.1) is 5.10 Å². The van der Waals surface area contributed by atoms with Gasteiger partial charge in [-0.05, 0) is 50.6 Å². The molecule has 1 saturated heterocycles. The summed E-state index contributed by atoms with van der Waals surface area (Å²) in [4.78, 5) is 8.02. The highest BCUT2D eigenvalue weighted by Gasteiger charge is 2.31. The van der Waals surface area contributed by atoms with Crippen LogP contribution in [0.25, 0.3) is 4.96 Å². The molecule has 5 nitrogen and oxygen atoms in total. The number of benzene rings is 1. The number of hydrogen-bond donors (Lipinski definition) is 1. The van der Waals surface area contributed by atoms with E-state index in [0.29, 0.717) is 10.8 Å². The van der Waals surface area contributed by atoms with Gasteiger partial charge in [0.1, 0.15) is 11.6 Å². The molecule has 8 heteroatoms. The van der Waals surface area contributed by atoms with Gasteiger partial charge in [0.25, 0.3) is 0 Å². The van der Waals surface area contributed by atoms with Gasteiger partial charge in [-0.1, -0.05) is 29.0 Å². The lowest BCUT2D eigenvalue weighted by atomic mass is 10.0. The molecule has 24 heavy (non-hydrogen) atoms. The Kier molecular flexibility index (Phi) is 3.94. The van der Waals surface area contributed by atoms with Crippen LogP contribution in [0.4, 0.5) is 4.39 Å². The molecule has 1 aliphatic rings. The first kappa shape index (κ1) is 15.8. The van der Waals surface area contributed by atoms with Crippen molar-refractivity contribution in [3.8, 4) is 5.88 Å². The molecule has 1 fully saturated rings. The SMILES string of the molecule is Cc1nc2sc(C(c3ccc(F)c(Cl)c3)N3CCCC3)c(O)n2n1. The van der Waals surface area contributed by atoms with Crippen LogP contribution in [-0.2, 0) is 0 Å². The number of nitrogens with zero attached hydrogens (tertiary/aromatic N) is 4. The zero-order chi connectivity index (χ0) is 16.8. The van der Waals surface area contributed by atoms with Crippen LogP contribution in [0.5, 0.6) is 5.88 Å². The van der Waals surface area contributed by atoms with E-state index in [1.165, 1.54) is 21.9 Å². The molecule has 0 saturated carbocycles. The number of aromatic hydroxyl groups is 1. The van der Waals surface area contributed by atoms with E-state index >= 15 is 0 Å². The summed E-state index contributed by atoms with van der Waals surface area (Å²) in [6, 6.07) is 4.56. The highest BCUT2D eigenvalue weighted by Crippen LogP contribution is 2.41. The number of hydrogen-bond acceptors (Lipinski definition) is 5. The number of halogens is 2. The Morgan fingerprint density at radius 2 is 2.08 bits per heavy atom. The van der Waals surface area contributed by atoms with E-state index in [0.717, 1.165) is 36.4 Å². The van der Waals surface area contributed by atoms with Gasteiger partial charge in [0.2, 0.25) is 10.8 Å². The van der Waals surface area contributed by atoms with Gasteiger partial charge in [-0.2, -0.15) is 4.52 Å². The van der Waals surface area contributed by atoms with Crippen LogP contribution in [0.1, 0.15) is 35.1 Å². The molecule has 0 aliphatic carbocycles. The highest BCUT2D eigenvalue weighted by molar-refractivity contribution is 7.17. The maximum Gasteiger partial charge on any atom is 0.230 e. The summed E-state index contributed by atoms with van der Waals surface area (Å²) in [6.07, 6.45) is 2.21. The molecule has 1 atom stereocenters. The van der Waals surface area contributed by atoms with Gasteiger partial charge in [-0.3, -0.25) is 4.90 Å². The first-order chi connectivity index (χ1) is 11.5. The normalized spacial score (nSPS) is 17.0. The van der Waals surface area contributed by atoms with Crippen molar-refractivity contribution in [2.24, 2.45) is 0 Å². The number of likely N-dealkylation sites (tertiary alicyclic amines) is 1. The first-order valence-corrected chi connectivity index (χ1v) is 8.98. The van der Waals surface area contributed by atoms with Crippen molar-refractivity contribution < 1.29 is 9.50 Å². The Balaban J connectivity index is 1.86. The Labute approximate surface area is 147 Å². The predicted octanol–water partition coefficient (Wildman–Crippen LogP) is 3.78. The second-order valence-corrected chi connectivity index (χ2v) is 7.38. The molecular weight excluding hydrogens is 351 g/mol. The zero-order valence-electron chi connectivity index (χ0n) is 13.0. The third-order valence-corrected chi connectivity index (χ3v) is 5.68. The Bertz CT molecular complexity index is 903. The topological polar surface area (TPSA) is 53.7 Å². The Morgan fingerprint density at radius 1 is 1.33 bits per heavy atom. The molecule has 0 bridgehead atoms. The second kappa shape index (κ2) is 5.98. The molecule has 1 N–H and O–H groups in total. The maximum absolute atomic E-state index is 13.6. The number of rotatable bonds is 3. The van der Waals surface area contributed by atoms with Gasteiger partial charge < -0.3 is 5.11 Å². The molecule has 1 aliphatic heterocycles. The van der Waals surface area contributed by atoms with Gasteiger partial charge in [0, 0.05) is 0 Å². The lowest BCUT2D eigenvalue weighted by Crippen LogP contribution is -2.26. The van der Waals surface area contributed by atoms with Gasteiger partial charge in [-0.25, -0.2) is 9.37 Å². The summed E-state index contributed by atoms with van der Waals surface area (Å²) in [5.41, 5.74) is 0.861. The summed E-state index contributed by atoms with van der Waals surface area (Å²) in [6.45, 7) is 3.63. The second-order valence-electron chi connectivity index (χ2n) is 5.96. The minimum atomic E-state index is -0.442. The molecule has 0 radical (unpaired) electrons. The van der Waals surface area contributed by atoms with Gasteiger partial charge in [0.05, 0.1) is 15.9 Å². The minimum absolute atomic E-state index is 0.0893. The van der Waals surface area contributed by atoms with Crippen LogP contribution >= 0.6 is 22.9 Å². The number of aromatic nitrogens is 3. The molecule has 1 aromatic carbocycles. The molecule has 3 aromatic rings. The van der Waals surface area contributed by atoms with E-state index in [-0.39, 0.29) is 16.9 Å². The summed E-state index contributed by atoms with van der Waals surface area (Å²) < 4.78 is 15.0. The summed E-state index contributed by atoms with van der Waals surface area (Å²) in [7, 11) is 0. The third-order valence-electron chi connectivity index (χ3n) is 4.32. The summed E-state index contributed by atoms with van der Waals surface area (Å²) in [5.74, 6) is 0.265. The molecule has 126 valence electrons. The Hall–Kier alpha value is -1.70. The molecule has 1 unspecified atom stereocenters. The summed E-state index contributed by atoms with van der Waals surface area (Å²) in [5, 5.41) is 15.0. The fourth-order valence-electron chi connectivity index (χ4n) is 3.24. The predicted molar refractivity (Wildman–Crippen MR) is 91.3 cm³/mol. The average Bonchev–Trinajstić information content (AvgIpc) is 3.24. The van der Waals surface area contributed by atoms with Crippen molar-refractivity contribution in [2.75, 3.05) is 13.1 Å². The molecule has 4 rings (SSSR count). The lowest BCUT2D eigenvalue weighted by Gasteiger charge is -2.27. The van der Waals surface area contributed by atoms with E-state index in [1.54, 1.807) is 19.1 Å². The largest absolute Gasteiger partial charge is 0.492 e. The monoisotopic (exact) mass is 366 g/mol. The average molecular weight is 367 g/mol. The zero-order valence-corrected chi connectivity index (χ0v) is 14.6. The van der Waals surface area contributed by atoms with Gasteiger partial charge in [0.15, 0.2) is 0 Å². The van der Waals surface area contributed by atoms with E-state index in [2.05, 4.69) is 15.0 Å². The highest BCUT2D eigenvalue weighted by atomic mass is 35.5. The smallest absolute Gasteiger partial charge is 0.230 e. The van der Waals surface area contributed by atoms with Gasteiger partial charge >= 0.3 is 0 Å². The van der Waals surface area contributed by atoms with Crippen LogP contribution in [0.3, 0.4) is 0 Å². The van der Waals surface area contributed by atoms with Crippen LogP contribution in [-0.4, -0.2) is 37.7 Å². The number of aryl methyl sites for hydroxylation is 1. The Morgan fingerprint density at radius 3 is 2.75 bits per heavy atom. The fraction of sp³-hybridized carbons (Fsp3) is 0.375. The van der Waals surface area contributed by atoms with Crippen molar-refractivity contribution in [3.63, 3.8) is 0 Å². The fourth-order valence-corrected chi connectivity index (χ4v) is 4.59. The molecule has 3 heterocycles.